The molecule has 0 unspecified atom stereocenters. The summed E-state index contributed by atoms with van der Waals surface area (Å²) in [6.45, 7) is 9.05. The molecule has 2 rings (SSSR count). The molecule has 0 atom stereocenters. The summed E-state index contributed by atoms with van der Waals surface area (Å²) in [5, 5.41) is 7.88. The molecule has 0 aliphatic carbocycles. The monoisotopic (exact) mass is 224 g/mol. The van der Waals surface area contributed by atoms with Gasteiger partial charge in [-0.1, -0.05) is 0 Å². The molecule has 1 fully saturated rings. The van der Waals surface area contributed by atoms with Crippen LogP contribution in [-0.4, -0.2) is 47.9 Å². The van der Waals surface area contributed by atoms with Crippen molar-refractivity contribution in [2.24, 2.45) is 0 Å². The fourth-order valence-corrected chi connectivity index (χ4v) is 1.92. The zero-order valence-electron chi connectivity index (χ0n) is 9.79. The number of aryl methyl sites for hydroxylation is 1. The van der Waals surface area contributed by atoms with E-state index < -0.39 is 0 Å². The molecule has 16 heavy (non-hydrogen) atoms. The lowest BCUT2D eigenvalue weighted by Crippen LogP contribution is -3.14. The summed E-state index contributed by atoms with van der Waals surface area (Å²) < 4.78 is 0. The fourth-order valence-electron chi connectivity index (χ4n) is 1.92. The second-order valence-electron chi connectivity index (χ2n) is 4.15. The fraction of sp³-hybridized carbons (Fsp3) is 0.700. The van der Waals surface area contributed by atoms with E-state index in [0.717, 1.165) is 32.7 Å². The van der Waals surface area contributed by atoms with Crippen LogP contribution in [0.15, 0.2) is 4.79 Å². The molecular weight excluding hydrogens is 206 g/mol. The van der Waals surface area contributed by atoms with Gasteiger partial charge in [0, 0.05) is 0 Å². The molecule has 6 nitrogen and oxygen atoms in total. The normalized spacial score (nSPS) is 17.8. The number of anilines is 1. The van der Waals surface area contributed by atoms with Gasteiger partial charge in [-0.05, 0) is 13.8 Å². The largest absolute Gasteiger partial charge is 0.332 e. The number of piperazine rings is 1. The molecule has 1 aromatic rings. The van der Waals surface area contributed by atoms with Crippen LogP contribution in [0.3, 0.4) is 0 Å². The van der Waals surface area contributed by atoms with E-state index in [-0.39, 0.29) is 5.56 Å². The zero-order valence-corrected chi connectivity index (χ0v) is 9.79. The molecule has 0 bridgehead atoms. The van der Waals surface area contributed by atoms with Crippen LogP contribution in [0, 0.1) is 6.92 Å². The Hall–Kier alpha value is -1.43. The lowest BCUT2D eigenvalue weighted by molar-refractivity contribution is -0.898. The summed E-state index contributed by atoms with van der Waals surface area (Å²) in [6, 6.07) is 0. The maximum absolute atomic E-state index is 11.4. The number of hydrogen-bond donors (Lipinski definition) is 2. The number of aromatic amines is 1. The summed E-state index contributed by atoms with van der Waals surface area (Å²) in [4.78, 5) is 17.9. The van der Waals surface area contributed by atoms with E-state index >= 15 is 0 Å². The van der Waals surface area contributed by atoms with Crippen LogP contribution in [-0.2, 0) is 0 Å². The van der Waals surface area contributed by atoms with Gasteiger partial charge in [0.25, 0.3) is 5.56 Å². The number of rotatable bonds is 2. The standard InChI is InChI=1S/C10H17N5O/c1-3-14-4-6-15(7-5-14)10-11-9(16)8(2)12-13-10/h3-7H2,1-2H3,(H,11,13,16)/p+1. The first-order valence-electron chi connectivity index (χ1n) is 5.73. The summed E-state index contributed by atoms with van der Waals surface area (Å²) in [6.07, 6.45) is 0. The summed E-state index contributed by atoms with van der Waals surface area (Å²) in [5.41, 5.74) is 0.275. The van der Waals surface area contributed by atoms with Gasteiger partial charge >= 0.3 is 0 Å². The number of likely N-dealkylation sites (N-methyl/N-ethyl adjacent to an activating group) is 1. The van der Waals surface area contributed by atoms with Crippen molar-refractivity contribution in [3.8, 4) is 0 Å². The van der Waals surface area contributed by atoms with E-state index in [0.29, 0.717) is 11.6 Å². The van der Waals surface area contributed by atoms with Gasteiger partial charge in [-0.15, -0.1) is 10.2 Å². The van der Waals surface area contributed by atoms with Gasteiger partial charge in [0.05, 0.1) is 32.7 Å². The predicted molar refractivity (Wildman–Crippen MR) is 60.8 cm³/mol. The van der Waals surface area contributed by atoms with Crippen molar-refractivity contribution < 1.29 is 4.90 Å². The summed E-state index contributed by atoms with van der Waals surface area (Å²) in [7, 11) is 0. The van der Waals surface area contributed by atoms with Crippen molar-refractivity contribution in [2.45, 2.75) is 13.8 Å². The van der Waals surface area contributed by atoms with Crippen molar-refractivity contribution in [3.05, 3.63) is 16.0 Å². The molecule has 0 saturated carbocycles. The number of hydrogen-bond acceptors (Lipinski definition) is 4. The van der Waals surface area contributed by atoms with Crippen LogP contribution < -0.4 is 15.4 Å². The Balaban J connectivity index is 2.08. The highest BCUT2D eigenvalue weighted by atomic mass is 16.1. The average molecular weight is 224 g/mol. The van der Waals surface area contributed by atoms with Gasteiger partial charge in [0.15, 0.2) is 0 Å². The zero-order chi connectivity index (χ0) is 11.5. The van der Waals surface area contributed by atoms with Crippen molar-refractivity contribution in [3.63, 3.8) is 0 Å². The van der Waals surface area contributed by atoms with Crippen molar-refractivity contribution in [1.29, 1.82) is 0 Å². The smallest absolute Gasteiger partial charge is 0.273 e. The highest BCUT2D eigenvalue weighted by Crippen LogP contribution is 2.02. The molecule has 1 saturated heterocycles. The van der Waals surface area contributed by atoms with Gasteiger partial charge in [0.1, 0.15) is 5.69 Å². The first-order valence-corrected chi connectivity index (χ1v) is 5.73. The van der Waals surface area contributed by atoms with E-state index in [2.05, 4.69) is 27.0 Å². The first kappa shape index (κ1) is 11.1. The minimum Gasteiger partial charge on any atom is -0.332 e. The van der Waals surface area contributed by atoms with Gasteiger partial charge in [-0.25, -0.2) is 0 Å². The first-order chi connectivity index (χ1) is 7.70. The molecule has 2 N–H and O–H groups in total. The van der Waals surface area contributed by atoms with Crippen LogP contribution >= 0.6 is 0 Å². The number of nitrogens with zero attached hydrogens (tertiary/aromatic N) is 3. The Bertz CT molecular complexity index is 408. The molecule has 2 heterocycles. The SMILES string of the molecule is CC[NH+]1CCN(c2nnc(C)c(=O)[nH]2)CC1. The van der Waals surface area contributed by atoms with Crippen molar-refractivity contribution in [1.82, 2.24) is 15.2 Å². The quantitative estimate of drug-likeness (QED) is 0.622. The highest BCUT2D eigenvalue weighted by Gasteiger charge is 2.20. The van der Waals surface area contributed by atoms with E-state index in [1.807, 2.05) is 0 Å². The van der Waals surface area contributed by atoms with Crippen LogP contribution in [0.1, 0.15) is 12.6 Å². The number of quaternary nitrogens is 1. The Labute approximate surface area is 94.3 Å². The third kappa shape index (κ3) is 2.21. The molecular formula is C10H18N5O+. The van der Waals surface area contributed by atoms with Gasteiger partial charge < -0.3 is 9.80 Å². The molecule has 1 aliphatic rings. The number of nitrogens with one attached hydrogen (secondary N) is 2. The van der Waals surface area contributed by atoms with E-state index in [9.17, 15) is 4.79 Å². The summed E-state index contributed by atoms with van der Waals surface area (Å²) >= 11 is 0. The van der Waals surface area contributed by atoms with Crippen molar-refractivity contribution in [2.75, 3.05) is 37.6 Å². The minimum atomic E-state index is -0.143. The Morgan fingerprint density at radius 2 is 2.06 bits per heavy atom. The topological polar surface area (TPSA) is 66.3 Å². The van der Waals surface area contributed by atoms with E-state index in [1.54, 1.807) is 11.8 Å². The van der Waals surface area contributed by atoms with Gasteiger partial charge in [0.2, 0.25) is 5.95 Å². The molecule has 6 heteroatoms. The lowest BCUT2D eigenvalue weighted by Gasteiger charge is -2.31. The third-order valence-corrected chi connectivity index (χ3v) is 3.12. The minimum absolute atomic E-state index is 0.143. The second kappa shape index (κ2) is 4.61. The molecule has 1 aromatic heterocycles. The lowest BCUT2D eigenvalue weighted by atomic mass is 10.3. The molecule has 88 valence electrons. The third-order valence-electron chi connectivity index (χ3n) is 3.12. The average Bonchev–Trinajstić information content (AvgIpc) is 2.33. The van der Waals surface area contributed by atoms with Crippen LogP contribution in [0.25, 0.3) is 0 Å². The maximum atomic E-state index is 11.4. The van der Waals surface area contributed by atoms with E-state index in [1.165, 1.54) is 0 Å². The number of H-pyrrole nitrogens is 1. The summed E-state index contributed by atoms with van der Waals surface area (Å²) in [5.74, 6) is 0.603. The number of aromatic nitrogens is 3. The molecule has 1 aliphatic heterocycles. The molecule has 0 spiro atoms. The predicted octanol–water partition coefficient (Wildman–Crippen LogP) is -1.80. The van der Waals surface area contributed by atoms with Crippen LogP contribution in [0.5, 0.6) is 0 Å². The molecule has 0 radical (unpaired) electrons. The molecule has 0 aromatic carbocycles. The van der Waals surface area contributed by atoms with Gasteiger partial charge in [-0.3, -0.25) is 9.78 Å². The van der Waals surface area contributed by atoms with Crippen LogP contribution in [0.4, 0.5) is 5.95 Å². The maximum Gasteiger partial charge on any atom is 0.273 e. The van der Waals surface area contributed by atoms with Crippen LogP contribution in [0.2, 0.25) is 0 Å². The Kier molecular flexibility index (Phi) is 3.19. The van der Waals surface area contributed by atoms with E-state index in [4.69, 9.17) is 0 Å². The van der Waals surface area contributed by atoms with Gasteiger partial charge in [-0.2, -0.15) is 0 Å². The highest BCUT2D eigenvalue weighted by molar-refractivity contribution is 5.27. The second-order valence-corrected chi connectivity index (χ2v) is 4.15. The van der Waals surface area contributed by atoms with Crippen molar-refractivity contribution >= 4 is 5.95 Å². The Morgan fingerprint density at radius 3 is 2.62 bits per heavy atom. The Morgan fingerprint density at radius 1 is 1.38 bits per heavy atom. The molecule has 0 amide bonds.